The highest BCUT2D eigenvalue weighted by molar-refractivity contribution is 7.25. The Labute approximate surface area is 126 Å². The van der Waals surface area contributed by atoms with Crippen LogP contribution in [0, 0.1) is 0 Å². The van der Waals surface area contributed by atoms with Gasteiger partial charge in [-0.05, 0) is 59.1 Å². The van der Waals surface area contributed by atoms with Crippen LogP contribution < -0.4 is 9.68 Å². The van der Waals surface area contributed by atoms with Gasteiger partial charge in [-0.1, -0.05) is 0 Å². The van der Waals surface area contributed by atoms with E-state index in [0.717, 1.165) is 0 Å². The number of piperidine rings is 1. The highest BCUT2D eigenvalue weighted by Gasteiger charge is 2.52. The Balaban J connectivity index is 1.74. The molecule has 0 N–H and O–H groups in total. The minimum atomic E-state index is -0.257. The molecule has 0 radical (unpaired) electrons. The Morgan fingerprint density at radius 1 is 1.00 bits per heavy atom. The number of anilines is 1. The van der Waals surface area contributed by atoms with Gasteiger partial charge in [0.2, 0.25) is 0 Å². The van der Waals surface area contributed by atoms with Crippen molar-refractivity contribution in [2.75, 3.05) is 18.0 Å². The van der Waals surface area contributed by atoms with Crippen LogP contribution in [0.2, 0.25) is 0 Å². The highest BCUT2D eigenvalue weighted by atomic mass is 32.1. The lowest BCUT2D eigenvalue weighted by Gasteiger charge is -2.32. The Hall–Kier alpha value is -0.515. The molecule has 1 aromatic heterocycles. The molecular formula is C15H24BNO2S. The van der Waals surface area contributed by atoms with Gasteiger partial charge in [-0.25, -0.2) is 0 Å². The van der Waals surface area contributed by atoms with E-state index in [1.807, 2.05) is 11.3 Å². The Morgan fingerprint density at radius 2 is 1.60 bits per heavy atom. The zero-order valence-electron chi connectivity index (χ0n) is 12.9. The topological polar surface area (TPSA) is 21.7 Å². The molecule has 0 bridgehead atoms. The molecule has 110 valence electrons. The van der Waals surface area contributed by atoms with Gasteiger partial charge in [-0.3, -0.25) is 0 Å². The summed E-state index contributed by atoms with van der Waals surface area (Å²) < 4.78 is 13.4. The zero-order valence-corrected chi connectivity index (χ0v) is 13.8. The van der Waals surface area contributed by atoms with Gasteiger partial charge < -0.3 is 14.2 Å². The van der Waals surface area contributed by atoms with Crippen molar-refractivity contribution in [3.63, 3.8) is 0 Å². The van der Waals surface area contributed by atoms with Crippen LogP contribution in [0.4, 0.5) is 5.00 Å². The third-order valence-corrected chi connectivity index (χ3v) is 5.93. The van der Waals surface area contributed by atoms with E-state index in [-0.39, 0.29) is 18.3 Å². The highest BCUT2D eigenvalue weighted by Crippen LogP contribution is 2.37. The van der Waals surface area contributed by atoms with E-state index in [1.54, 1.807) is 0 Å². The van der Waals surface area contributed by atoms with E-state index in [4.69, 9.17) is 9.31 Å². The molecule has 3 rings (SSSR count). The van der Waals surface area contributed by atoms with Crippen LogP contribution >= 0.6 is 11.3 Å². The van der Waals surface area contributed by atoms with Crippen molar-refractivity contribution in [2.24, 2.45) is 0 Å². The van der Waals surface area contributed by atoms with Crippen LogP contribution in [0.1, 0.15) is 47.0 Å². The van der Waals surface area contributed by atoms with Crippen LogP contribution in [0.15, 0.2) is 12.1 Å². The van der Waals surface area contributed by atoms with Gasteiger partial charge in [0.05, 0.1) is 16.2 Å². The molecule has 0 unspecified atom stereocenters. The maximum Gasteiger partial charge on any atom is 0.505 e. The maximum absolute atomic E-state index is 6.12. The predicted molar refractivity (Wildman–Crippen MR) is 86.1 cm³/mol. The van der Waals surface area contributed by atoms with E-state index < -0.39 is 0 Å². The Morgan fingerprint density at radius 3 is 2.20 bits per heavy atom. The number of thiophene rings is 1. The summed E-state index contributed by atoms with van der Waals surface area (Å²) in [4.78, 5) is 2.49. The maximum atomic E-state index is 6.12. The summed E-state index contributed by atoms with van der Waals surface area (Å²) in [6, 6.07) is 4.38. The first-order chi connectivity index (χ1) is 9.39. The fraction of sp³-hybridized carbons (Fsp3) is 0.733. The normalized spacial score (nSPS) is 25.2. The lowest BCUT2D eigenvalue weighted by atomic mass is 9.88. The molecule has 0 aliphatic carbocycles. The molecule has 0 saturated carbocycles. The van der Waals surface area contributed by atoms with Crippen molar-refractivity contribution < 1.29 is 9.31 Å². The SMILES string of the molecule is CC1(C)OB(c2ccc(N3CCCCC3)s2)OC1(C)C. The molecule has 0 aromatic carbocycles. The van der Waals surface area contributed by atoms with Crippen molar-refractivity contribution in [3.05, 3.63) is 12.1 Å². The van der Waals surface area contributed by atoms with Crippen LogP contribution in [0.25, 0.3) is 0 Å². The molecule has 20 heavy (non-hydrogen) atoms. The summed E-state index contributed by atoms with van der Waals surface area (Å²) in [5, 5.41) is 1.36. The van der Waals surface area contributed by atoms with Gasteiger partial charge in [0.25, 0.3) is 0 Å². The second-order valence-electron chi connectivity index (χ2n) is 6.81. The quantitative estimate of drug-likeness (QED) is 0.782. The first-order valence-corrected chi connectivity index (χ1v) is 8.41. The summed E-state index contributed by atoms with van der Waals surface area (Å²) in [7, 11) is -0.219. The molecule has 2 aliphatic heterocycles. The molecular weight excluding hydrogens is 269 g/mol. The molecule has 0 amide bonds. The van der Waals surface area contributed by atoms with Crippen LogP contribution in [0.5, 0.6) is 0 Å². The van der Waals surface area contributed by atoms with Gasteiger partial charge >= 0.3 is 7.12 Å². The van der Waals surface area contributed by atoms with Crippen LogP contribution in [0.3, 0.4) is 0 Å². The lowest BCUT2D eigenvalue weighted by molar-refractivity contribution is 0.00578. The number of rotatable bonds is 2. The summed E-state index contributed by atoms with van der Waals surface area (Å²) in [5.74, 6) is 0. The monoisotopic (exact) mass is 293 g/mol. The summed E-state index contributed by atoms with van der Waals surface area (Å²) in [5.41, 5.74) is -0.514. The molecule has 0 spiro atoms. The van der Waals surface area contributed by atoms with Crippen molar-refractivity contribution in [3.8, 4) is 0 Å². The van der Waals surface area contributed by atoms with Gasteiger partial charge in [-0.15, -0.1) is 11.3 Å². The fourth-order valence-electron chi connectivity index (χ4n) is 2.71. The average Bonchev–Trinajstić information content (AvgIpc) is 2.94. The van der Waals surface area contributed by atoms with Gasteiger partial charge in [0.15, 0.2) is 0 Å². The van der Waals surface area contributed by atoms with Crippen molar-refractivity contribution in [1.29, 1.82) is 0 Å². The van der Waals surface area contributed by atoms with E-state index >= 15 is 0 Å². The zero-order chi connectivity index (χ0) is 14.4. The minimum absolute atomic E-state index is 0.219. The van der Waals surface area contributed by atoms with E-state index in [2.05, 4.69) is 44.7 Å². The Kier molecular flexibility index (Phi) is 3.63. The third-order valence-electron chi connectivity index (χ3n) is 4.77. The lowest BCUT2D eigenvalue weighted by Crippen LogP contribution is -2.41. The number of hydrogen-bond donors (Lipinski definition) is 0. The van der Waals surface area contributed by atoms with E-state index in [1.165, 1.54) is 42.1 Å². The van der Waals surface area contributed by atoms with E-state index in [9.17, 15) is 0 Å². The van der Waals surface area contributed by atoms with Gasteiger partial charge in [-0.2, -0.15) is 0 Å². The minimum Gasteiger partial charge on any atom is -0.399 e. The fourth-order valence-corrected chi connectivity index (χ4v) is 3.73. The van der Waals surface area contributed by atoms with Crippen LogP contribution in [-0.2, 0) is 9.31 Å². The van der Waals surface area contributed by atoms with Crippen LogP contribution in [-0.4, -0.2) is 31.4 Å². The van der Waals surface area contributed by atoms with Crippen molar-refractivity contribution >= 4 is 28.2 Å². The first kappa shape index (κ1) is 14.4. The Bertz CT molecular complexity index is 464. The smallest absolute Gasteiger partial charge is 0.399 e. The summed E-state index contributed by atoms with van der Waals surface area (Å²) in [6.07, 6.45) is 3.99. The molecule has 5 heteroatoms. The standard InChI is InChI=1S/C15H24BNO2S/c1-14(2)15(3,4)19-16(18-14)12-8-9-13(20-12)17-10-6-5-7-11-17/h8-9H,5-7,10-11H2,1-4H3. The van der Waals surface area contributed by atoms with Gasteiger partial charge in [0.1, 0.15) is 0 Å². The number of hydrogen-bond acceptors (Lipinski definition) is 4. The molecule has 2 fully saturated rings. The predicted octanol–water partition coefficient (Wildman–Crippen LogP) is 3.04. The second kappa shape index (κ2) is 5.04. The van der Waals surface area contributed by atoms with Crippen molar-refractivity contribution in [1.82, 2.24) is 0 Å². The first-order valence-electron chi connectivity index (χ1n) is 7.59. The molecule has 3 heterocycles. The molecule has 1 aromatic rings. The molecule has 3 nitrogen and oxygen atoms in total. The van der Waals surface area contributed by atoms with E-state index in [0.29, 0.717) is 0 Å². The summed E-state index contributed by atoms with van der Waals surface area (Å²) >= 11 is 1.81. The third kappa shape index (κ3) is 2.51. The molecule has 0 atom stereocenters. The van der Waals surface area contributed by atoms with Crippen molar-refractivity contribution in [2.45, 2.75) is 58.2 Å². The number of nitrogens with zero attached hydrogens (tertiary/aromatic N) is 1. The molecule has 2 aliphatic rings. The summed E-state index contributed by atoms with van der Waals surface area (Å²) in [6.45, 7) is 10.8. The average molecular weight is 293 g/mol. The second-order valence-corrected chi connectivity index (χ2v) is 7.91. The molecule has 2 saturated heterocycles. The van der Waals surface area contributed by atoms with Gasteiger partial charge in [0, 0.05) is 17.9 Å². The largest absolute Gasteiger partial charge is 0.505 e.